The Hall–Kier alpha value is -0.820. The number of hydrogen-bond donors (Lipinski definition) is 0. The third kappa shape index (κ3) is 1.69. The van der Waals surface area contributed by atoms with Gasteiger partial charge in [0, 0.05) is 10.7 Å². The first-order valence-electron chi connectivity index (χ1n) is 4.78. The number of benzene rings is 1. The molecule has 0 saturated carbocycles. The van der Waals surface area contributed by atoms with Gasteiger partial charge in [0.1, 0.15) is 0 Å². The van der Waals surface area contributed by atoms with Crippen LogP contribution in [0, 0.1) is 6.07 Å². The zero-order valence-corrected chi connectivity index (χ0v) is 9.66. The Morgan fingerprint density at radius 3 is 3.21 bits per heavy atom. The van der Waals surface area contributed by atoms with Gasteiger partial charge < -0.3 is 0 Å². The van der Waals surface area contributed by atoms with E-state index in [1.165, 1.54) is 11.1 Å². The second-order valence-electron chi connectivity index (χ2n) is 3.39. The number of rotatable bonds is 2. The molecule has 71 valence electrons. The third-order valence-corrected chi connectivity index (χ3v) is 3.33. The van der Waals surface area contributed by atoms with Crippen molar-refractivity contribution in [1.29, 1.82) is 0 Å². The van der Waals surface area contributed by atoms with Gasteiger partial charge in [-0.1, -0.05) is 58.4 Å². The van der Waals surface area contributed by atoms with Crippen LogP contribution >= 0.6 is 15.9 Å². The minimum atomic E-state index is 0.378. The fraction of sp³-hybridized carbons (Fsp3) is 0.231. The van der Waals surface area contributed by atoms with E-state index in [0.29, 0.717) is 10.7 Å². The molecule has 0 saturated heterocycles. The number of halogens is 1. The van der Waals surface area contributed by atoms with E-state index in [9.17, 15) is 0 Å². The van der Waals surface area contributed by atoms with E-state index in [2.05, 4.69) is 52.4 Å². The van der Waals surface area contributed by atoms with E-state index in [0.717, 1.165) is 0 Å². The van der Waals surface area contributed by atoms with E-state index in [1.807, 2.05) is 19.1 Å². The van der Waals surface area contributed by atoms with Crippen LogP contribution in [-0.4, -0.2) is 4.83 Å². The van der Waals surface area contributed by atoms with Crippen molar-refractivity contribution < 1.29 is 0 Å². The van der Waals surface area contributed by atoms with Gasteiger partial charge in [-0.15, -0.1) is 0 Å². The Morgan fingerprint density at radius 2 is 2.43 bits per heavy atom. The maximum atomic E-state index is 3.68. The van der Waals surface area contributed by atoms with E-state index in [-0.39, 0.29) is 0 Å². The SMILES string of the molecule is CC=CC(Br)C1C=Cc2ccc[c]c21. The molecule has 0 bridgehead atoms. The number of alkyl halides is 1. The molecule has 0 heterocycles. The average Bonchev–Trinajstić information content (AvgIpc) is 2.61. The van der Waals surface area contributed by atoms with E-state index in [4.69, 9.17) is 0 Å². The normalized spacial score (nSPS) is 21.4. The van der Waals surface area contributed by atoms with Crippen molar-refractivity contribution in [1.82, 2.24) is 0 Å². The number of fused-ring (bicyclic) bond motifs is 1. The van der Waals surface area contributed by atoms with E-state index in [1.54, 1.807) is 0 Å². The summed E-state index contributed by atoms with van der Waals surface area (Å²) in [6.07, 6.45) is 8.66. The van der Waals surface area contributed by atoms with Crippen LogP contribution in [0.15, 0.2) is 36.4 Å². The topological polar surface area (TPSA) is 0 Å². The lowest BCUT2D eigenvalue weighted by molar-refractivity contribution is 0.906. The van der Waals surface area contributed by atoms with E-state index < -0.39 is 0 Å². The van der Waals surface area contributed by atoms with Crippen LogP contribution in [-0.2, 0) is 0 Å². The highest BCUT2D eigenvalue weighted by Crippen LogP contribution is 2.35. The van der Waals surface area contributed by atoms with Crippen molar-refractivity contribution in [2.75, 3.05) is 0 Å². The van der Waals surface area contributed by atoms with Gasteiger partial charge in [0.2, 0.25) is 0 Å². The molecule has 14 heavy (non-hydrogen) atoms. The van der Waals surface area contributed by atoms with Gasteiger partial charge >= 0.3 is 0 Å². The quantitative estimate of drug-likeness (QED) is 0.549. The summed E-state index contributed by atoms with van der Waals surface area (Å²) < 4.78 is 0. The van der Waals surface area contributed by atoms with Crippen LogP contribution in [0.25, 0.3) is 6.08 Å². The first-order valence-corrected chi connectivity index (χ1v) is 5.70. The Kier molecular flexibility index (Phi) is 2.87. The first kappa shape index (κ1) is 9.72. The second kappa shape index (κ2) is 4.14. The molecule has 2 rings (SSSR count). The molecule has 1 aliphatic carbocycles. The van der Waals surface area contributed by atoms with Crippen molar-refractivity contribution in [2.24, 2.45) is 0 Å². The van der Waals surface area contributed by atoms with Crippen molar-refractivity contribution in [2.45, 2.75) is 17.7 Å². The van der Waals surface area contributed by atoms with Gasteiger partial charge in [-0.3, -0.25) is 0 Å². The molecular formula is C13H12Br. The van der Waals surface area contributed by atoms with Crippen molar-refractivity contribution in [3.05, 3.63) is 53.6 Å². The smallest absolute Gasteiger partial charge is 0.0429 e. The molecule has 0 N–H and O–H groups in total. The maximum Gasteiger partial charge on any atom is 0.0429 e. The van der Waals surface area contributed by atoms with Gasteiger partial charge in [0.15, 0.2) is 0 Å². The predicted octanol–water partition coefficient (Wildman–Crippen LogP) is 3.94. The van der Waals surface area contributed by atoms with E-state index >= 15 is 0 Å². The summed E-state index contributed by atoms with van der Waals surface area (Å²) in [4.78, 5) is 0.378. The predicted molar refractivity (Wildman–Crippen MR) is 64.6 cm³/mol. The summed E-state index contributed by atoms with van der Waals surface area (Å²) in [5, 5.41) is 0. The lowest BCUT2D eigenvalue weighted by Gasteiger charge is -2.13. The average molecular weight is 248 g/mol. The van der Waals surface area contributed by atoms with Gasteiger partial charge in [0.05, 0.1) is 0 Å². The Balaban J connectivity index is 2.30. The summed E-state index contributed by atoms with van der Waals surface area (Å²) in [6.45, 7) is 2.04. The van der Waals surface area contributed by atoms with Crippen LogP contribution in [0.1, 0.15) is 24.0 Å². The molecule has 1 aliphatic rings. The highest BCUT2D eigenvalue weighted by atomic mass is 79.9. The highest BCUT2D eigenvalue weighted by Gasteiger charge is 2.21. The largest absolute Gasteiger partial charge is 0.0905 e. The van der Waals surface area contributed by atoms with Gasteiger partial charge in [-0.25, -0.2) is 0 Å². The van der Waals surface area contributed by atoms with Crippen LogP contribution in [0.3, 0.4) is 0 Å². The number of hydrogen-bond acceptors (Lipinski definition) is 0. The second-order valence-corrected chi connectivity index (χ2v) is 4.45. The summed E-state index contributed by atoms with van der Waals surface area (Å²) >= 11 is 3.68. The van der Waals surface area contributed by atoms with Crippen LogP contribution in [0.2, 0.25) is 0 Å². The summed E-state index contributed by atoms with van der Waals surface area (Å²) in [5.74, 6) is 0.433. The van der Waals surface area contributed by atoms with Gasteiger partial charge in [-0.2, -0.15) is 0 Å². The number of allylic oxidation sites excluding steroid dienone is 3. The standard InChI is InChI=1S/C13H12Br/c1-2-5-13(14)12-9-8-10-6-3-4-7-11(10)12/h2-6,8-9,12-13H,1H3. The fourth-order valence-corrected chi connectivity index (χ4v) is 2.52. The first-order chi connectivity index (χ1) is 6.83. The highest BCUT2D eigenvalue weighted by molar-refractivity contribution is 9.09. The molecule has 1 heteroatoms. The molecule has 0 amide bonds. The molecule has 2 atom stereocenters. The van der Waals surface area contributed by atoms with Gasteiger partial charge in [-0.05, 0) is 24.1 Å². The maximum absolute atomic E-state index is 3.68. The Morgan fingerprint density at radius 1 is 1.57 bits per heavy atom. The molecule has 2 unspecified atom stereocenters. The molecule has 0 aromatic heterocycles. The summed E-state index contributed by atoms with van der Waals surface area (Å²) in [6, 6.07) is 9.46. The van der Waals surface area contributed by atoms with Gasteiger partial charge in [0.25, 0.3) is 0 Å². The molecule has 0 nitrogen and oxygen atoms in total. The Labute approximate surface area is 93.5 Å². The summed E-state index contributed by atoms with van der Waals surface area (Å²) in [7, 11) is 0. The lowest BCUT2D eigenvalue weighted by Crippen LogP contribution is -2.05. The monoisotopic (exact) mass is 247 g/mol. The van der Waals surface area contributed by atoms with Crippen LogP contribution in [0.5, 0.6) is 0 Å². The zero-order chi connectivity index (χ0) is 9.97. The zero-order valence-electron chi connectivity index (χ0n) is 8.07. The Bertz CT molecular complexity index is 377. The molecular weight excluding hydrogens is 236 g/mol. The molecule has 1 aromatic rings. The van der Waals surface area contributed by atoms with Crippen molar-refractivity contribution in [3.63, 3.8) is 0 Å². The minimum absolute atomic E-state index is 0.378. The molecule has 0 aliphatic heterocycles. The lowest BCUT2D eigenvalue weighted by atomic mass is 9.97. The molecule has 0 fully saturated rings. The summed E-state index contributed by atoms with van der Waals surface area (Å²) in [5.41, 5.74) is 2.60. The fourth-order valence-electron chi connectivity index (χ4n) is 1.77. The van der Waals surface area contributed by atoms with Crippen molar-refractivity contribution >= 4 is 22.0 Å². The minimum Gasteiger partial charge on any atom is -0.0905 e. The van der Waals surface area contributed by atoms with Crippen LogP contribution < -0.4 is 0 Å². The molecule has 1 aromatic carbocycles. The molecule has 1 radical (unpaired) electrons. The third-order valence-electron chi connectivity index (χ3n) is 2.46. The van der Waals surface area contributed by atoms with Crippen molar-refractivity contribution in [3.8, 4) is 0 Å². The van der Waals surface area contributed by atoms with Crippen LogP contribution in [0.4, 0.5) is 0 Å². The molecule has 0 spiro atoms.